The molecule has 0 spiro atoms. The monoisotopic (exact) mass is 302 g/mol. The number of hydrogen-bond acceptors (Lipinski definition) is 3. The Morgan fingerprint density at radius 3 is 2.78 bits per heavy atom. The smallest absolute Gasteiger partial charge is 0.101 e. The molecule has 0 heterocycles. The van der Waals surface area contributed by atoms with Gasteiger partial charge in [0.25, 0.3) is 0 Å². The average molecular weight is 303 g/mol. The predicted molar refractivity (Wildman–Crippen MR) is 79.2 cm³/mol. The van der Waals surface area contributed by atoms with Gasteiger partial charge in [-0.25, -0.2) is 0 Å². The number of halogens is 2. The predicted octanol–water partition coefficient (Wildman–Crippen LogP) is 4.50. The molecule has 1 aromatic carbocycles. The van der Waals surface area contributed by atoms with E-state index in [1.807, 2.05) is 6.07 Å². The maximum atomic E-state index is 8.78. The van der Waals surface area contributed by atoms with E-state index in [1.54, 1.807) is 30.8 Å². The zero-order valence-corrected chi connectivity index (χ0v) is 12.6. The molecule has 0 radical (unpaired) electrons. The van der Waals surface area contributed by atoms with Crippen LogP contribution in [0.25, 0.3) is 0 Å². The van der Waals surface area contributed by atoms with E-state index >= 15 is 0 Å². The highest BCUT2D eigenvalue weighted by Gasteiger charge is 2.15. The van der Waals surface area contributed by atoms with E-state index in [4.69, 9.17) is 34.2 Å². The SMILES string of the molecule is CC(N)(C#N)CCCCSc1cc(Cl)ccc1Cl. The second-order valence-electron chi connectivity index (χ2n) is 4.41. The van der Waals surface area contributed by atoms with Crippen LogP contribution in [-0.2, 0) is 0 Å². The van der Waals surface area contributed by atoms with Crippen LogP contribution in [0.2, 0.25) is 10.0 Å². The molecule has 1 unspecified atom stereocenters. The number of hydrogen-bond donors (Lipinski definition) is 1. The van der Waals surface area contributed by atoms with Crippen LogP contribution in [0.5, 0.6) is 0 Å². The minimum Gasteiger partial charge on any atom is -0.314 e. The van der Waals surface area contributed by atoms with E-state index in [0.29, 0.717) is 11.4 Å². The molecule has 1 aromatic rings. The third kappa shape index (κ3) is 5.49. The molecule has 0 aromatic heterocycles. The summed E-state index contributed by atoms with van der Waals surface area (Å²) >= 11 is 13.7. The van der Waals surface area contributed by atoms with Crippen LogP contribution in [0, 0.1) is 11.3 Å². The Morgan fingerprint density at radius 2 is 2.11 bits per heavy atom. The molecular weight excluding hydrogens is 287 g/mol. The molecule has 0 fully saturated rings. The molecule has 0 aliphatic rings. The van der Waals surface area contributed by atoms with Gasteiger partial charge >= 0.3 is 0 Å². The molecule has 0 aliphatic heterocycles. The highest BCUT2D eigenvalue weighted by atomic mass is 35.5. The second-order valence-corrected chi connectivity index (χ2v) is 6.39. The molecule has 0 aliphatic carbocycles. The average Bonchev–Trinajstić information content (AvgIpc) is 2.33. The maximum Gasteiger partial charge on any atom is 0.101 e. The molecule has 18 heavy (non-hydrogen) atoms. The lowest BCUT2D eigenvalue weighted by atomic mass is 9.99. The Morgan fingerprint density at radius 1 is 1.39 bits per heavy atom. The first kappa shape index (κ1) is 15.7. The van der Waals surface area contributed by atoms with E-state index in [1.165, 1.54) is 0 Å². The molecule has 1 rings (SSSR count). The van der Waals surface area contributed by atoms with Crippen LogP contribution < -0.4 is 5.73 Å². The quantitative estimate of drug-likeness (QED) is 0.622. The molecule has 0 saturated heterocycles. The van der Waals surface area contributed by atoms with E-state index in [-0.39, 0.29) is 0 Å². The van der Waals surface area contributed by atoms with Crippen molar-refractivity contribution in [3.63, 3.8) is 0 Å². The van der Waals surface area contributed by atoms with E-state index in [0.717, 1.165) is 28.5 Å². The highest BCUT2D eigenvalue weighted by Crippen LogP contribution is 2.30. The number of unbranched alkanes of at least 4 members (excludes halogenated alkanes) is 1. The summed E-state index contributed by atoms with van der Waals surface area (Å²) in [5.41, 5.74) is 5.04. The largest absolute Gasteiger partial charge is 0.314 e. The zero-order chi connectivity index (χ0) is 13.6. The molecule has 5 heteroatoms. The number of nitrogens with two attached hydrogens (primary N) is 1. The van der Waals surface area contributed by atoms with E-state index in [2.05, 4.69) is 6.07 Å². The van der Waals surface area contributed by atoms with Gasteiger partial charge in [-0.3, -0.25) is 0 Å². The van der Waals surface area contributed by atoms with E-state index in [9.17, 15) is 0 Å². The first-order valence-electron chi connectivity index (χ1n) is 5.72. The topological polar surface area (TPSA) is 49.8 Å². The first-order valence-corrected chi connectivity index (χ1v) is 7.47. The lowest BCUT2D eigenvalue weighted by molar-refractivity contribution is 0.519. The fourth-order valence-corrected chi connectivity index (χ4v) is 2.92. The summed E-state index contributed by atoms with van der Waals surface area (Å²) < 4.78 is 0. The van der Waals surface area contributed by atoms with Crippen LogP contribution in [0.1, 0.15) is 26.2 Å². The van der Waals surface area contributed by atoms with Crippen LogP contribution in [0.3, 0.4) is 0 Å². The summed E-state index contributed by atoms with van der Waals surface area (Å²) in [7, 11) is 0. The van der Waals surface area contributed by atoms with Crippen molar-refractivity contribution in [3.05, 3.63) is 28.2 Å². The molecule has 0 amide bonds. The van der Waals surface area contributed by atoms with Crippen molar-refractivity contribution < 1.29 is 0 Å². The Balaban J connectivity index is 2.30. The summed E-state index contributed by atoms with van der Waals surface area (Å²) in [4.78, 5) is 1.000. The number of nitriles is 1. The number of nitrogens with zero attached hydrogens (tertiary/aromatic N) is 1. The third-order valence-corrected chi connectivity index (χ3v) is 4.31. The normalized spacial score (nSPS) is 13.9. The molecule has 0 saturated carbocycles. The van der Waals surface area contributed by atoms with Crippen molar-refractivity contribution >= 4 is 35.0 Å². The van der Waals surface area contributed by atoms with Gasteiger partial charge in [0.2, 0.25) is 0 Å². The van der Waals surface area contributed by atoms with Gasteiger partial charge in [-0.1, -0.05) is 23.2 Å². The third-order valence-electron chi connectivity index (χ3n) is 2.50. The summed E-state index contributed by atoms with van der Waals surface area (Å²) in [6.07, 6.45) is 2.65. The fourth-order valence-electron chi connectivity index (χ4n) is 1.42. The van der Waals surface area contributed by atoms with Crippen molar-refractivity contribution in [2.75, 3.05) is 5.75 Å². The molecule has 1 atom stereocenters. The summed E-state index contributed by atoms with van der Waals surface area (Å²) in [6, 6.07) is 7.55. The minimum absolute atomic E-state index is 0.695. The van der Waals surface area contributed by atoms with Gasteiger partial charge in [0, 0.05) is 9.92 Å². The van der Waals surface area contributed by atoms with E-state index < -0.39 is 5.54 Å². The summed E-state index contributed by atoms with van der Waals surface area (Å²) in [5.74, 6) is 0.946. The standard InChI is InChI=1S/C13H16Cl2N2S/c1-13(17,9-16)6-2-3-7-18-12-8-10(14)4-5-11(12)15/h4-5,8H,2-3,6-7,17H2,1H3. The van der Waals surface area contributed by atoms with Crippen molar-refractivity contribution in [2.24, 2.45) is 5.73 Å². The maximum absolute atomic E-state index is 8.78. The van der Waals surface area contributed by atoms with Gasteiger partial charge in [-0.05, 0) is 50.1 Å². The Bertz CT molecular complexity index is 441. The number of benzene rings is 1. The Labute approximate surface area is 122 Å². The Hall–Kier alpha value is -0.400. The molecule has 2 N–H and O–H groups in total. The minimum atomic E-state index is -0.710. The van der Waals surface area contributed by atoms with Crippen LogP contribution in [0.4, 0.5) is 0 Å². The lowest BCUT2D eigenvalue weighted by Crippen LogP contribution is -2.33. The van der Waals surface area contributed by atoms with Crippen LogP contribution >= 0.6 is 35.0 Å². The summed E-state index contributed by atoms with van der Waals surface area (Å²) in [6.45, 7) is 1.76. The first-order chi connectivity index (χ1) is 8.44. The number of rotatable bonds is 6. The molecular formula is C13H16Cl2N2S. The van der Waals surface area contributed by atoms with Gasteiger partial charge in [-0.15, -0.1) is 11.8 Å². The van der Waals surface area contributed by atoms with Crippen molar-refractivity contribution in [1.82, 2.24) is 0 Å². The number of thioether (sulfide) groups is 1. The molecule has 98 valence electrons. The van der Waals surface area contributed by atoms with Crippen LogP contribution in [0.15, 0.2) is 23.1 Å². The van der Waals surface area contributed by atoms with Gasteiger partial charge < -0.3 is 5.73 Å². The highest BCUT2D eigenvalue weighted by molar-refractivity contribution is 7.99. The van der Waals surface area contributed by atoms with Crippen LogP contribution in [-0.4, -0.2) is 11.3 Å². The lowest BCUT2D eigenvalue weighted by Gasteiger charge is -2.14. The van der Waals surface area contributed by atoms with Crippen molar-refractivity contribution in [3.8, 4) is 6.07 Å². The van der Waals surface area contributed by atoms with Crippen molar-refractivity contribution in [2.45, 2.75) is 36.6 Å². The van der Waals surface area contributed by atoms with Gasteiger partial charge in [0.15, 0.2) is 0 Å². The van der Waals surface area contributed by atoms with Gasteiger partial charge in [0.05, 0.1) is 11.1 Å². The van der Waals surface area contributed by atoms with Crippen molar-refractivity contribution in [1.29, 1.82) is 5.26 Å². The fraction of sp³-hybridized carbons (Fsp3) is 0.462. The zero-order valence-electron chi connectivity index (χ0n) is 10.2. The summed E-state index contributed by atoms with van der Waals surface area (Å²) in [5, 5.41) is 10.2. The van der Waals surface area contributed by atoms with Gasteiger partial charge in [0.1, 0.15) is 5.54 Å². The molecule has 2 nitrogen and oxygen atoms in total. The second kappa shape index (κ2) is 7.25. The molecule has 0 bridgehead atoms. The van der Waals surface area contributed by atoms with Gasteiger partial charge in [-0.2, -0.15) is 5.26 Å². The Kier molecular flexibility index (Phi) is 6.31.